The van der Waals surface area contributed by atoms with Crippen molar-refractivity contribution in [1.29, 1.82) is 0 Å². The zero-order valence-electron chi connectivity index (χ0n) is 17.4. The molecule has 1 N–H and O–H groups in total. The van der Waals surface area contributed by atoms with Gasteiger partial charge in [0.25, 0.3) is 0 Å². The molecule has 0 radical (unpaired) electrons. The molecule has 3 heterocycles. The molecular formula is C23H17F3N6O. The van der Waals surface area contributed by atoms with E-state index in [1.807, 2.05) is 4.90 Å². The number of aromatic amines is 1. The molecule has 10 heteroatoms. The number of hydrogen-bond donors (Lipinski definition) is 1. The number of nitrogens with zero attached hydrogens (tertiary/aromatic N) is 5. The van der Waals surface area contributed by atoms with Gasteiger partial charge in [0.1, 0.15) is 18.0 Å². The molecule has 5 aromatic rings. The summed E-state index contributed by atoms with van der Waals surface area (Å²) in [5, 5.41) is 5.24. The third kappa shape index (κ3) is 3.79. The van der Waals surface area contributed by atoms with Crippen LogP contribution in [0.1, 0.15) is 11.1 Å². The maximum Gasteiger partial charge on any atom is 0.248 e. The first kappa shape index (κ1) is 20.7. The Morgan fingerprint density at radius 1 is 1.03 bits per heavy atom. The van der Waals surface area contributed by atoms with Crippen molar-refractivity contribution < 1.29 is 13.2 Å². The highest BCUT2D eigenvalue weighted by atomic mass is 19.2. The third-order valence-electron chi connectivity index (χ3n) is 5.43. The molecule has 0 aliphatic heterocycles. The molecule has 33 heavy (non-hydrogen) atoms. The fourth-order valence-electron chi connectivity index (χ4n) is 3.94. The molecule has 0 amide bonds. The third-order valence-corrected chi connectivity index (χ3v) is 5.43. The highest BCUT2D eigenvalue weighted by Gasteiger charge is 2.19. The minimum Gasteiger partial charge on any atom is -0.347 e. The Morgan fingerprint density at radius 3 is 2.70 bits per heavy atom. The van der Waals surface area contributed by atoms with Crippen molar-refractivity contribution in [2.45, 2.75) is 13.1 Å². The molecule has 0 spiro atoms. The van der Waals surface area contributed by atoms with Crippen molar-refractivity contribution in [1.82, 2.24) is 24.7 Å². The smallest absolute Gasteiger partial charge is 0.248 e. The van der Waals surface area contributed by atoms with Gasteiger partial charge in [-0.1, -0.05) is 12.1 Å². The maximum absolute atomic E-state index is 14.4. The van der Waals surface area contributed by atoms with E-state index in [0.717, 1.165) is 6.07 Å². The topological polar surface area (TPSA) is 79.7 Å². The molecule has 7 nitrogen and oxygen atoms in total. The maximum atomic E-state index is 14.4. The summed E-state index contributed by atoms with van der Waals surface area (Å²) in [5.41, 5.74) is 0.934. The number of halogens is 3. The minimum absolute atomic E-state index is 0.114. The molecule has 5 rings (SSSR count). The minimum atomic E-state index is -1.13. The molecule has 0 saturated carbocycles. The van der Waals surface area contributed by atoms with Crippen LogP contribution in [0.25, 0.3) is 21.9 Å². The van der Waals surface area contributed by atoms with Crippen LogP contribution < -0.4 is 10.5 Å². The monoisotopic (exact) mass is 450 g/mol. The number of aryl methyl sites for hydroxylation is 1. The Bertz CT molecular complexity index is 1560. The van der Waals surface area contributed by atoms with Crippen molar-refractivity contribution >= 4 is 27.8 Å². The van der Waals surface area contributed by atoms with Gasteiger partial charge in [-0.05, 0) is 35.4 Å². The van der Waals surface area contributed by atoms with Crippen LogP contribution >= 0.6 is 0 Å². The van der Waals surface area contributed by atoms with E-state index in [1.165, 1.54) is 30.6 Å². The van der Waals surface area contributed by atoms with E-state index in [0.29, 0.717) is 33.4 Å². The average molecular weight is 450 g/mol. The Balaban J connectivity index is 1.67. The number of pyridine rings is 1. The lowest BCUT2D eigenvalue weighted by Gasteiger charge is -2.25. The molecule has 2 aromatic carbocycles. The van der Waals surface area contributed by atoms with Crippen LogP contribution in [0, 0.1) is 17.5 Å². The van der Waals surface area contributed by atoms with Crippen molar-refractivity contribution in [2.24, 2.45) is 7.05 Å². The quantitative estimate of drug-likeness (QED) is 0.440. The van der Waals surface area contributed by atoms with Crippen molar-refractivity contribution in [2.75, 3.05) is 4.90 Å². The molecule has 0 aliphatic rings. The Morgan fingerprint density at radius 2 is 1.88 bits per heavy atom. The number of nitrogens with one attached hydrogen (secondary N) is 1. The van der Waals surface area contributed by atoms with Crippen molar-refractivity contribution in [3.8, 4) is 0 Å². The summed E-state index contributed by atoms with van der Waals surface area (Å²) in [6, 6.07) is 9.88. The zero-order valence-corrected chi connectivity index (χ0v) is 17.4. The summed E-state index contributed by atoms with van der Waals surface area (Å²) in [6.07, 6.45) is 3.01. The highest BCUT2D eigenvalue weighted by Crippen LogP contribution is 2.28. The van der Waals surface area contributed by atoms with E-state index >= 15 is 0 Å². The van der Waals surface area contributed by atoms with Gasteiger partial charge in [-0.25, -0.2) is 23.1 Å². The van der Waals surface area contributed by atoms with Crippen molar-refractivity contribution in [3.05, 3.63) is 93.9 Å². The number of benzene rings is 2. The second-order valence-corrected chi connectivity index (χ2v) is 7.63. The lowest BCUT2D eigenvalue weighted by molar-refractivity contribution is 0.515. The molecule has 0 bridgehead atoms. The van der Waals surface area contributed by atoms with Crippen LogP contribution in [0.3, 0.4) is 0 Å². The summed E-state index contributed by atoms with van der Waals surface area (Å²) in [6.45, 7) is 0.347. The first-order valence-corrected chi connectivity index (χ1v) is 10.0. The second kappa shape index (κ2) is 8.05. The number of fused-ring (bicyclic) bond motifs is 2. The summed E-state index contributed by atoms with van der Waals surface area (Å²) < 4.78 is 43.6. The number of rotatable bonds is 5. The predicted octanol–water partition coefficient (Wildman–Crippen LogP) is 3.83. The van der Waals surface area contributed by atoms with E-state index in [1.54, 1.807) is 30.1 Å². The number of aromatic nitrogens is 5. The molecule has 0 atom stereocenters. The van der Waals surface area contributed by atoms with Gasteiger partial charge in [-0.3, -0.25) is 9.48 Å². The van der Waals surface area contributed by atoms with Crippen molar-refractivity contribution in [3.63, 3.8) is 0 Å². The summed E-state index contributed by atoms with van der Waals surface area (Å²) in [5.74, 6) is -2.06. The molecule has 0 unspecified atom stereocenters. The average Bonchev–Trinajstić information content (AvgIpc) is 3.17. The fourth-order valence-corrected chi connectivity index (χ4v) is 3.94. The lowest BCUT2D eigenvalue weighted by atomic mass is 10.1. The normalized spacial score (nSPS) is 11.4. The van der Waals surface area contributed by atoms with Gasteiger partial charge in [0.15, 0.2) is 17.3 Å². The van der Waals surface area contributed by atoms with Crippen LogP contribution in [0.5, 0.6) is 0 Å². The summed E-state index contributed by atoms with van der Waals surface area (Å²) >= 11 is 0. The van der Waals surface area contributed by atoms with Crippen LogP contribution in [-0.2, 0) is 20.1 Å². The van der Waals surface area contributed by atoms with Gasteiger partial charge in [0, 0.05) is 31.6 Å². The standard InChI is InChI=1S/C23H17F3N6O/c1-31-22-17(9-29-31)23(28-12-27-22)32(10-13-3-2-4-15(24)7-13)11-14-8-19(33)30-21-16(14)5-6-18(25)20(21)26/h2-9,12H,10-11H2,1H3,(H,30,33). The van der Waals surface area contributed by atoms with Crippen LogP contribution in [-0.4, -0.2) is 24.7 Å². The number of H-pyrrole nitrogens is 1. The Hall–Kier alpha value is -4.21. The number of hydrogen-bond acceptors (Lipinski definition) is 5. The fraction of sp³-hybridized carbons (Fsp3) is 0.130. The largest absolute Gasteiger partial charge is 0.347 e. The van der Waals surface area contributed by atoms with Gasteiger partial charge in [-0.15, -0.1) is 0 Å². The van der Waals surface area contributed by atoms with Crippen LogP contribution in [0.2, 0.25) is 0 Å². The van der Waals surface area contributed by atoms with E-state index < -0.39 is 17.2 Å². The molecule has 0 fully saturated rings. The SMILES string of the molecule is Cn1ncc2c(N(Cc3cccc(F)c3)Cc3cc(=O)[nH]c4c(F)c(F)ccc34)ncnc21. The zero-order chi connectivity index (χ0) is 23.1. The summed E-state index contributed by atoms with van der Waals surface area (Å²) in [7, 11) is 1.75. The Kier molecular flexibility index (Phi) is 5.04. The van der Waals surface area contributed by atoms with Gasteiger partial charge >= 0.3 is 0 Å². The lowest BCUT2D eigenvalue weighted by Crippen LogP contribution is -2.25. The summed E-state index contributed by atoms with van der Waals surface area (Å²) in [4.78, 5) is 25.1. The van der Waals surface area contributed by atoms with Gasteiger partial charge in [0.05, 0.1) is 17.1 Å². The first-order chi connectivity index (χ1) is 15.9. The van der Waals surface area contributed by atoms with E-state index in [9.17, 15) is 18.0 Å². The Labute approximate surface area is 185 Å². The molecule has 0 aliphatic carbocycles. The molecule has 0 saturated heterocycles. The van der Waals surface area contributed by atoms with E-state index in [4.69, 9.17) is 0 Å². The molecule has 166 valence electrons. The van der Waals surface area contributed by atoms with Gasteiger partial charge in [-0.2, -0.15) is 5.10 Å². The van der Waals surface area contributed by atoms with Gasteiger partial charge < -0.3 is 9.88 Å². The number of anilines is 1. The highest BCUT2D eigenvalue weighted by molar-refractivity contribution is 5.87. The predicted molar refractivity (Wildman–Crippen MR) is 117 cm³/mol. The van der Waals surface area contributed by atoms with Crippen LogP contribution in [0.15, 0.2) is 59.8 Å². The second-order valence-electron chi connectivity index (χ2n) is 7.63. The molecular weight excluding hydrogens is 433 g/mol. The first-order valence-electron chi connectivity index (χ1n) is 10.0. The van der Waals surface area contributed by atoms with E-state index in [2.05, 4.69) is 20.1 Å². The van der Waals surface area contributed by atoms with E-state index in [-0.39, 0.29) is 24.4 Å². The van der Waals surface area contributed by atoms with Crippen LogP contribution in [0.4, 0.5) is 19.0 Å². The van der Waals surface area contributed by atoms with Gasteiger partial charge in [0.2, 0.25) is 5.56 Å². The molecule has 3 aromatic heterocycles.